The van der Waals surface area contributed by atoms with E-state index in [0.29, 0.717) is 6.54 Å². The Morgan fingerprint density at radius 2 is 1.90 bits per heavy atom. The maximum absolute atomic E-state index is 5.52. The molecule has 0 bridgehead atoms. The van der Waals surface area contributed by atoms with Crippen molar-refractivity contribution in [3.8, 4) is 23.9 Å². The van der Waals surface area contributed by atoms with E-state index >= 15 is 0 Å². The molecule has 2 heterocycles. The van der Waals surface area contributed by atoms with Crippen LogP contribution in [0.15, 0.2) is 54.6 Å². The molecule has 1 N–H and O–H groups in total. The Bertz CT molecular complexity index is 949. The molecule has 0 aliphatic heterocycles. The fourth-order valence-electron chi connectivity index (χ4n) is 2.73. The molecule has 0 saturated heterocycles. The van der Waals surface area contributed by atoms with Gasteiger partial charge in [-0.05, 0) is 24.3 Å². The molecule has 100 valence electrons. The maximum atomic E-state index is 5.52. The molecule has 3 nitrogen and oxygen atoms in total. The van der Waals surface area contributed by atoms with Crippen LogP contribution in [-0.2, 0) is 6.54 Å². The highest BCUT2D eigenvalue weighted by molar-refractivity contribution is 5.87. The number of aromatic amines is 1. The highest BCUT2D eigenvalue weighted by Gasteiger charge is 2.13. The van der Waals surface area contributed by atoms with Crippen LogP contribution in [0.3, 0.4) is 0 Å². The molecule has 0 saturated carbocycles. The smallest absolute Gasteiger partial charge is 0.158 e. The molecular formula is C18H13N3. The predicted octanol–water partition coefficient (Wildman–Crippen LogP) is 3.82. The van der Waals surface area contributed by atoms with Gasteiger partial charge in [0.05, 0.1) is 23.3 Å². The highest BCUT2D eigenvalue weighted by Crippen LogP contribution is 2.27. The summed E-state index contributed by atoms with van der Waals surface area (Å²) in [6.45, 7) is 0.505. The van der Waals surface area contributed by atoms with E-state index in [2.05, 4.69) is 33.7 Å². The minimum Gasteiger partial charge on any atom is -0.352 e. The molecule has 3 heteroatoms. The van der Waals surface area contributed by atoms with Crippen LogP contribution in [0.2, 0.25) is 0 Å². The zero-order chi connectivity index (χ0) is 14.2. The maximum Gasteiger partial charge on any atom is 0.158 e. The van der Waals surface area contributed by atoms with Gasteiger partial charge in [-0.15, -0.1) is 6.42 Å². The van der Waals surface area contributed by atoms with E-state index in [0.717, 1.165) is 28.1 Å². The number of hydrogen-bond donors (Lipinski definition) is 1. The summed E-state index contributed by atoms with van der Waals surface area (Å²) >= 11 is 0. The summed E-state index contributed by atoms with van der Waals surface area (Å²) in [5, 5.41) is 1.17. The topological polar surface area (TPSA) is 33.6 Å². The average molecular weight is 271 g/mol. The number of aromatic nitrogens is 3. The van der Waals surface area contributed by atoms with E-state index < -0.39 is 0 Å². The zero-order valence-electron chi connectivity index (χ0n) is 11.4. The van der Waals surface area contributed by atoms with E-state index in [4.69, 9.17) is 11.4 Å². The molecule has 0 radical (unpaired) electrons. The largest absolute Gasteiger partial charge is 0.352 e. The van der Waals surface area contributed by atoms with Crippen LogP contribution in [0.25, 0.3) is 33.5 Å². The van der Waals surface area contributed by atoms with Gasteiger partial charge < -0.3 is 9.55 Å². The van der Waals surface area contributed by atoms with Crippen LogP contribution in [-0.4, -0.2) is 14.5 Å². The van der Waals surface area contributed by atoms with Crippen molar-refractivity contribution in [1.82, 2.24) is 14.5 Å². The number of benzene rings is 2. The summed E-state index contributed by atoms with van der Waals surface area (Å²) in [6.07, 6.45) is 5.52. The van der Waals surface area contributed by atoms with Gasteiger partial charge in [0.15, 0.2) is 5.82 Å². The molecule has 0 unspecified atom stereocenters. The second-order valence-electron chi connectivity index (χ2n) is 4.98. The third kappa shape index (κ3) is 1.81. The Kier molecular flexibility index (Phi) is 2.55. The first-order valence-electron chi connectivity index (χ1n) is 6.83. The molecule has 0 atom stereocenters. The van der Waals surface area contributed by atoms with Gasteiger partial charge >= 0.3 is 0 Å². The highest BCUT2D eigenvalue weighted by atomic mass is 15.1. The van der Waals surface area contributed by atoms with Gasteiger partial charge in [0, 0.05) is 10.9 Å². The lowest BCUT2D eigenvalue weighted by molar-refractivity contribution is 0.878. The quantitative estimate of drug-likeness (QED) is 0.552. The first kappa shape index (κ1) is 11.8. The minimum atomic E-state index is 0.505. The number of rotatable bonds is 2. The van der Waals surface area contributed by atoms with Crippen LogP contribution in [0.4, 0.5) is 0 Å². The van der Waals surface area contributed by atoms with Gasteiger partial charge in [0.25, 0.3) is 0 Å². The number of nitrogens with one attached hydrogen (secondary N) is 1. The minimum absolute atomic E-state index is 0.505. The molecule has 0 aliphatic carbocycles. The van der Waals surface area contributed by atoms with Crippen molar-refractivity contribution in [3.63, 3.8) is 0 Å². The molecule has 0 fully saturated rings. The fourth-order valence-corrected chi connectivity index (χ4v) is 2.73. The van der Waals surface area contributed by atoms with E-state index in [1.54, 1.807) is 0 Å². The van der Waals surface area contributed by atoms with Gasteiger partial charge in [-0.2, -0.15) is 0 Å². The predicted molar refractivity (Wildman–Crippen MR) is 85.9 cm³/mol. The van der Waals surface area contributed by atoms with Gasteiger partial charge in [-0.1, -0.05) is 36.3 Å². The van der Waals surface area contributed by atoms with Crippen molar-refractivity contribution < 1.29 is 0 Å². The van der Waals surface area contributed by atoms with Crippen LogP contribution < -0.4 is 0 Å². The molecule has 0 amide bonds. The summed E-state index contributed by atoms with van der Waals surface area (Å²) in [5.41, 5.74) is 4.11. The van der Waals surface area contributed by atoms with Gasteiger partial charge in [-0.25, -0.2) is 4.98 Å². The number of hydrogen-bond acceptors (Lipinski definition) is 1. The van der Waals surface area contributed by atoms with Crippen LogP contribution >= 0.6 is 0 Å². The number of terminal acetylenes is 1. The monoisotopic (exact) mass is 271 g/mol. The van der Waals surface area contributed by atoms with Crippen LogP contribution in [0, 0.1) is 12.3 Å². The second-order valence-corrected chi connectivity index (χ2v) is 4.98. The van der Waals surface area contributed by atoms with Crippen LogP contribution in [0.1, 0.15) is 0 Å². The molecule has 21 heavy (non-hydrogen) atoms. The molecule has 2 aromatic carbocycles. The van der Waals surface area contributed by atoms with Gasteiger partial charge in [0.2, 0.25) is 0 Å². The summed E-state index contributed by atoms with van der Waals surface area (Å²) in [6, 6.07) is 18.4. The molecule has 2 aromatic heterocycles. The van der Waals surface area contributed by atoms with Gasteiger partial charge in [-0.3, -0.25) is 0 Å². The summed E-state index contributed by atoms with van der Waals surface area (Å²) < 4.78 is 2.07. The van der Waals surface area contributed by atoms with Crippen LogP contribution in [0.5, 0.6) is 0 Å². The van der Waals surface area contributed by atoms with Gasteiger partial charge in [0.1, 0.15) is 0 Å². The molecule has 4 aromatic rings. The summed E-state index contributed by atoms with van der Waals surface area (Å²) in [5.74, 6) is 3.60. The van der Waals surface area contributed by atoms with Crippen molar-refractivity contribution >= 4 is 21.9 Å². The molecule has 4 rings (SSSR count). The lowest BCUT2D eigenvalue weighted by atomic mass is 10.2. The van der Waals surface area contributed by atoms with Crippen molar-refractivity contribution in [2.75, 3.05) is 0 Å². The van der Waals surface area contributed by atoms with E-state index in [1.165, 1.54) is 5.39 Å². The number of fused-ring (bicyclic) bond motifs is 2. The fraction of sp³-hybridized carbons (Fsp3) is 0.0556. The van der Waals surface area contributed by atoms with E-state index in [1.807, 2.05) is 36.4 Å². The number of para-hydroxylation sites is 3. The van der Waals surface area contributed by atoms with E-state index in [-0.39, 0.29) is 0 Å². The SMILES string of the molecule is C#CCn1c(-c2cc3ccccc3[nH]2)nc2ccccc21. The standard InChI is InChI=1S/C18H13N3/c1-2-11-21-17-10-6-5-9-15(17)20-18(21)16-12-13-7-3-4-8-14(13)19-16/h1,3-10,12,19H,11H2. The third-order valence-corrected chi connectivity index (χ3v) is 3.67. The summed E-state index contributed by atoms with van der Waals surface area (Å²) in [7, 11) is 0. The normalized spacial score (nSPS) is 11.0. The number of H-pyrrole nitrogens is 1. The average Bonchev–Trinajstić information content (AvgIpc) is 3.09. The first-order chi connectivity index (χ1) is 10.4. The zero-order valence-corrected chi connectivity index (χ0v) is 11.4. The number of nitrogens with zero attached hydrogens (tertiary/aromatic N) is 2. The Balaban J connectivity index is 2.00. The Morgan fingerprint density at radius 3 is 2.76 bits per heavy atom. The Morgan fingerprint density at radius 1 is 1.10 bits per heavy atom. The lowest BCUT2D eigenvalue weighted by Crippen LogP contribution is -1.98. The Labute approximate surface area is 122 Å². The first-order valence-corrected chi connectivity index (χ1v) is 6.83. The molecular weight excluding hydrogens is 258 g/mol. The molecule has 0 spiro atoms. The molecule has 0 aliphatic rings. The lowest BCUT2D eigenvalue weighted by Gasteiger charge is -2.03. The summed E-state index contributed by atoms with van der Waals surface area (Å²) in [4.78, 5) is 8.15. The van der Waals surface area contributed by atoms with Crippen molar-refractivity contribution in [1.29, 1.82) is 0 Å². The van der Waals surface area contributed by atoms with Crippen molar-refractivity contribution in [2.24, 2.45) is 0 Å². The Hall–Kier alpha value is -2.99. The second kappa shape index (κ2) is 4.53. The van der Waals surface area contributed by atoms with Crippen molar-refractivity contribution in [3.05, 3.63) is 54.6 Å². The van der Waals surface area contributed by atoms with E-state index in [9.17, 15) is 0 Å². The third-order valence-electron chi connectivity index (χ3n) is 3.67. The number of imidazole rings is 1. The van der Waals surface area contributed by atoms with Crippen molar-refractivity contribution in [2.45, 2.75) is 6.54 Å².